The minimum Gasteiger partial charge on any atom is -0.334 e. The second-order valence-corrected chi connectivity index (χ2v) is 3.60. The van der Waals surface area contributed by atoms with Gasteiger partial charge in [-0.25, -0.2) is 15.2 Å². The van der Waals surface area contributed by atoms with Crippen molar-refractivity contribution in [1.82, 2.24) is 4.98 Å². The largest absolute Gasteiger partial charge is 0.334 e. The number of nitrogen functional groups attached to an aromatic ring is 1. The molecule has 19 heavy (non-hydrogen) atoms. The minimum atomic E-state index is -0.570. The van der Waals surface area contributed by atoms with Crippen LogP contribution in [-0.2, 0) is 0 Å². The van der Waals surface area contributed by atoms with Gasteiger partial charge in [-0.2, -0.15) is 0 Å². The summed E-state index contributed by atoms with van der Waals surface area (Å²) in [7, 11) is 0. The molecule has 0 spiro atoms. The summed E-state index contributed by atoms with van der Waals surface area (Å²) in [4.78, 5) is 14.3. The van der Waals surface area contributed by atoms with Gasteiger partial charge in [0.05, 0.1) is 4.92 Å². The molecule has 0 saturated heterocycles. The van der Waals surface area contributed by atoms with Crippen LogP contribution in [0.5, 0.6) is 0 Å². The van der Waals surface area contributed by atoms with Gasteiger partial charge >= 0.3 is 5.69 Å². The fraction of sp³-hybridized carbons (Fsp3) is 0. The van der Waals surface area contributed by atoms with Crippen LogP contribution in [0.4, 0.5) is 27.4 Å². The van der Waals surface area contributed by atoms with Gasteiger partial charge in [0, 0.05) is 11.8 Å². The number of benzene rings is 1. The topological polar surface area (TPSA) is 106 Å². The van der Waals surface area contributed by atoms with Gasteiger partial charge in [-0.3, -0.25) is 10.1 Å². The van der Waals surface area contributed by atoms with E-state index in [2.05, 4.69) is 15.7 Å². The lowest BCUT2D eigenvalue weighted by molar-refractivity contribution is -0.384. The van der Waals surface area contributed by atoms with Gasteiger partial charge < -0.3 is 10.7 Å². The quantitative estimate of drug-likeness (QED) is 0.443. The number of aromatic nitrogens is 1. The van der Waals surface area contributed by atoms with E-state index in [1.165, 1.54) is 36.4 Å². The highest BCUT2D eigenvalue weighted by atomic mass is 19.1. The SMILES string of the molecule is NNc1ccc([N+](=O)[O-])c(Nc2ccc(F)cc2)n1. The standard InChI is InChI=1S/C11H10FN5O2/c12-7-1-3-8(4-2-7)14-11-9(17(18)19)5-6-10(15-11)16-13/h1-6H,13H2,(H2,14,15,16). The van der Waals surface area contributed by atoms with E-state index in [1.807, 2.05) is 0 Å². The van der Waals surface area contributed by atoms with Crippen LogP contribution in [0.15, 0.2) is 36.4 Å². The Morgan fingerprint density at radius 2 is 1.89 bits per heavy atom. The van der Waals surface area contributed by atoms with Crippen molar-refractivity contribution in [3.05, 3.63) is 52.3 Å². The average molecular weight is 263 g/mol. The van der Waals surface area contributed by atoms with Gasteiger partial charge in [-0.15, -0.1) is 0 Å². The Labute approximate surface area is 107 Å². The van der Waals surface area contributed by atoms with Crippen molar-refractivity contribution in [2.24, 2.45) is 5.84 Å². The molecule has 1 aromatic carbocycles. The number of nitro groups is 1. The number of hydrogen-bond acceptors (Lipinski definition) is 6. The Balaban J connectivity index is 2.36. The molecule has 7 nitrogen and oxygen atoms in total. The van der Waals surface area contributed by atoms with Crippen molar-refractivity contribution in [3.63, 3.8) is 0 Å². The van der Waals surface area contributed by atoms with Crippen molar-refractivity contribution >= 4 is 23.0 Å². The van der Waals surface area contributed by atoms with E-state index >= 15 is 0 Å². The molecule has 1 heterocycles. The van der Waals surface area contributed by atoms with Crippen LogP contribution in [0, 0.1) is 15.9 Å². The molecule has 0 amide bonds. The molecule has 98 valence electrons. The molecule has 0 unspecified atom stereocenters. The number of halogens is 1. The molecule has 8 heteroatoms. The smallest absolute Gasteiger partial charge is 0.311 e. The highest BCUT2D eigenvalue weighted by Crippen LogP contribution is 2.26. The third-order valence-corrected chi connectivity index (χ3v) is 2.33. The molecule has 0 atom stereocenters. The molecule has 0 aliphatic heterocycles. The monoisotopic (exact) mass is 263 g/mol. The number of anilines is 3. The maximum atomic E-state index is 12.8. The van der Waals surface area contributed by atoms with Crippen LogP contribution in [-0.4, -0.2) is 9.91 Å². The molecular formula is C11H10FN5O2. The Hall–Kier alpha value is -2.74. The van der Waals surface area contributed by atoms with Crippen molar-refractivity contribution < 1.29 is 9.31 Å². The van der Waals surface area contributed by atoms with Gasteiger partial charge in [0.1, 0.15) is 11.6 Å². The summed E-state index contributed by atoms with van der Waals surface area (Å²) in [5, 5.41) is 13.6. The van der Waals surface area contributed by atoms with Gasteiger partial charge in [0.15, 0.2) is 0 Å². The van der Waals surface area contributed by atoms with Gasteiger partial charge in [-0.05, 0) is 30.3 Å². The van der Waals surface area contributed by atoms with E-state index in [-0.39, 0.29) is 17.3 Å². The molecule has 1 aromatic heterocycles. The van der Waals surface area contributed by atoms with E-state index in [4.69, 9.17) is 5.84 Å². The first-order valence-corrected chi connectivity index (χ1v) is 5.25. The molecule has 0 aliphatic rings. The Bertz CT molecular complexity index is 603. The van der Waals surface area contributed by atoms with E-state index in [0.29, 0.717) is 5.69 Å². The summed E-state index contributed by atoms with van der Waals surface area (Å²) >= 11 is 0. The predicted octanol–water partition coefficient (Wildman–Crippen LogP) is 2.16. The Kier molecular flexibility index (Phi) is 3.53. The van der Waals surface area contributed by atoms with Crippen molar-refractivity contribution in [3.8, 4) is 0 Å². The molecule has 0 radical (unpaired) electrons. The number of pyridine rings is 1. The number of hydrazine groups is 1. The molecule has 2 rings (SSSR count). The van der Waals surface area contributed by atoms with Crippen molar-refractivity contribution in [2.45, 2.75) is 0 Å². The number of rotatable bonds is 4. The van der Waals surface area contributed by atoms with E-state index in [1.54, 1.807) is 0 Å². The fourth-order valence-corrected chi connectivity index (χ4v) is 1.44. The second kappa shape index (κ2) is 5.27. The lowest BCUT2D eigenvalue weighted by atomic mass is 10.3. The third kappa shape index (κ3) is 2.93. The fourth-order valence-electron chi connectivity index (χ4n) is 1.44. The summed E-state index contributed by atoms with van der Waals surface area (Å²) in [6, 6.07) is 8.02. The Morgan fingerprint density at radius 1 is 1.21 bits per heavy atom. The van der Waals surface area contributed by atoms with E-state index in [0.717, 1.165) is 0 Å². The number of nitrogens with one attached hydrogen (secondary N) is 2. The molecule has 0 fully saturated rings. The van der Waals surface area contributed by atoms with Gasteiger partial charge in [-0.1, -0.05) is 0 Å². The van der Waals surface area contributed by atoms with Crippen LogP contribution >= 0.6 is 0 Å². The first-order valence-electron chi connectivity index (χ1n) is 5.25. The van der Waals surface area contributed by atoms with E-state index < -0.39 is 10.7 Å². The molecule has 0 aliphatic carbocycles. The predicted molar refractivity (Wildman–Crippen MR) is 68.4 cm³/mol. The molecule has 0 saturated carbocycles. The van der Waals surface area contributed by atoms with Crippen LogP contribution < -0.4 is 16.6 Å². The van der Waals surface area contributed by atoms with Gasteiger partial charge in [0.2, 0.25) is 5.82 Å². The van der Waals surface area contributed by atoms with Crippen LogP contribution in [0.2, 0.25) is 0 Å². The zero-order valence-corrected chi connectivity index (χ0v) is 9.63. The zero-order chi connectivity index (χ0) is 13.8. The normalized spacial score (nSPS) is 10.0. The number of nitrogens with zero attached hydrogens (tertiary/aromatic N) is 2. The summed E-state index contributed by atoms with van der Waals surface area (Å²) in [6.07, 6.45) is 0. The number of hydrogen-bond donors (Lipinski definition) is 3. The summed E-state index contributed by atoms with van der Waals surface area (Å²) in [5.74, 6) is 5.09. The van der Waals surface area contributed by atoms with E-state index in [9.17, 15) is 14.5 Å². The molecule has 4 N–H and O–H groups in total. The lowest BCUT2D eigenvalue weighted by Crippen LogP contribution is -2.10. The maximum Gasteiger partial charge on any atom is 0.311 e. The summed E-state index contributed by atoms with van der Waals surface area (Å²) < 4.78 is 12.8. The Morgan fingerprint density at radius 3 is 2.47 bits per heavy atom. The maximum absolute atomic E-state index is 12.8. The highest BCUT2D eigenvalue weighted by Gasteiger charge is 2.16. The molecule has 2 aromatic rings. The first-order chi connectivity index (χ1) is 9.10. The van der Waals surface area contributed by atoms with Crippen molar-refractivity contribution in [2.75, 3.05) is 10.7 Å². The zero-order valence-electron chi connectivity index (χ0n) is 9.63. The summed E-state index contributed by atoms with van der Waals surface area (Å²) in [5.41, 5.74) is 2.57. The van der Waals surface area contributed by atoms with Gasteiger partial charge in [0.25, 0.3) is 0 Å². The second-order valence-electron chi connectivity index (χ2n) is 3.60. The lowest BCUT2D eigenvalue weighted by Gasteiger charge is -2.07. The number of nitrogens with two attached hydrogens (primary N) is 1. The van der Waals surface area contributed by atoms with Crippen LogP contribution in [0.1, 0.15) is 0 Å². The average Bonchev–Trinajstić information content (AvgIpc) is 2.41. The minimum absolute atomic E-state index is 0.0204. The first kappa shape index (κ1) is 12.7. The van der Waals surface area contributed by atoms with Crippen LogP contribution in [0.25, 0.3) is 0 Å². The summed E-state index contributed by atoms with van der Waals surface area (Å²) in [6.45, 7) is 0. The van der Waals surface area contributed by atoms with Crippen molar-refractivity contribution in [1.29, 1.82) is 0 Å². The highest BCUT2D eigenvalue weighted by molar-refractivity contribution is 5.67. The van der Waals surface area contributed by atoms with Crippen LogP contribution in [0.3, 0.4) is 0 Å². The molecule has 0 bridgehead atoms. The third-order valence-electron chi connectivity index (χ3n) is 2.33. The molecular weight excluding hydrogens is 253 g/mol.